The highest BCUT2D eigenvalue weighted by Gasteiger charge is 2.26. The molecule has 1 aromatic heterocycles. The summed E-state index contributed by atoms with van der Waals surface area (Å²) in [4.78, 5) is 0. The van der Waals surface area contributed by atoms with Gasteiger partial charge in [-0.25, -0.2) is 0 Å². The van der Waals surface area contributed by atoms with Crippen molar-refractivity contribution in [1.82, 2.24) is 9.78 Å². The molecule has 0 radical (unpaired) electrons. The van der Waals surface area contributed by atoms with Gasteiger partial charge in [0, 0.05) is 13.7 Å². The van der Waals surface area contributed by atoms with Crippen LogP contribution in [0.4, 0.5) is 0 Å². The van der Waals surface area contributed by atoms with Gasteiger partial charge in [0.05, 0.1) is 19.4 Å². The third-order valence-corrected chi connectivity index (χ3v) is 2.87. The summed E-state index contributed by atoms with van der Waals surface area (Å²) in [6.45, 7) is 4.73. The van der Waals surface area contributed by atoms with Crippen LogP contribution < -0.4 is 4.74 Å². The van der Waals surface area contributed by atoms with Crippen molar-refractivity contribution in [3.05, 3.63) is 11.9 Å². The van der Waals surface area contributed by atoms with Crippen LogP contribution in [0.3, 0.4) is 0 Å². The van der Waals surface area contributed by atoms with E-state index in [1.165, 1.54) is 0 Å². The standard InChI is InChI=1S/C12H22N2O3/c1-5-7-9(16-3)12(15)11-10(17-4)8-13-14(11)6-2/h8-9,12,15H,5-7H2,1-4H3. The van der Waals surface area contributed by atoms with Gasteiger partial charge in [0.15, 0.2) is 5.75 Å². The lowest BCUT2D eigenvalue weighted by Gasteiger charge is -2.22. The zero-order valence-electron chi connectivity index (χ0n) is 11.0. The van der Waals surface area contributed by atoms with E-state index in [2.05, 4.69) is 12.0 Å². The number of hydrogen-bond acceptors (Lipinski definition) is 4. The number of nitrogens with zero attached hydrogens (tertiary/aromatic N) is 2. The van der Waals surface area contributed by atoms with E-state index >= 15 is 0 Å². The quantitative estimate of drug-likeness (QED) is 0.791. The van der Waals surface area contributed by atoms with Gasteiger partial charge in [0.25, 0.3) is 0 Å². The van der Waals surface area contributed by atoms with Crippen molar-refractivity contribution < 1.29 is 14.6 Å². The number of aliphatic hydroxyl groups is 1. The number of aryl methyl sites for hydroxylation is 1. The van der Waals surface area contributed by atoms with Gasteiger partial charge in [-0.2, -0.15) is 5.10 Å². The van der Waals surface area contributed by atoms with Crippen molar-refractivity contribution in [2.45, 2.75) is 45.4 Å². The van der Waals surface area contributed by atoms with Crippen molar-refractivity contribution in [3.8, 4) is 5.75 Å². The molecule has 0 aliphatic heterocycles. The number of aliphatic hydroxyl groups excluding tert-OH is 1. The van der Waals surface area contributed by atoms with Crippen molar-refractivity contribution in [2.24, 2.45) is 0 Å². The molecule has 5 nitrogen and oxygen atoms in total. The van der Waals surface area contributed by atoms with E-state index in [0.717, 1.165) is 12.8 Å². The third-order valence-electron chi connectivity index (χ3n) is 2.87. The number of aromatic nitrogens is 2. The Morgan fingerprint density at radius 2 is 2.12 bits per heavy atom. The first-order valence-electron chi connectivity index (χ1n) is 6.00. The molecule has 1 rings (SSSR count). The molecule has 2 unspecified atom stereocenters. The second-order valence-corrected chi connectivity index (χ2v) is 3.92. The lowest BCUT2D eigenvalue weighted by molar-refractivity contribution is -0.0230. The zero-order chi connectivity index (χ0) is 12.8. The van der Waals surface area contributed by atoms with Crippen molar-refractivity contribution in [1.29, 1.82) is 0 Å². The van der Waals surface area contributed by atoms with Gasteiger partial charge in [0.2, 0.25) is 0 Å². The summed E-state index contributed by atoms with van der Waals surface area (Å²) < 4.78 is 12.3. The summed E-state index contributed by atoms with van der Waals surface area (Å²) in [5.74, 6) is 0.609. The summed E-state index contributed by atoms with van der Waals surface area (Å²) in [6, 6.07) is 0. The van der Waals surface area contributed by atoms with Crippen LogP contribution in [0, 0.1) is 0 Å². The fourth-order valence-corrected chi connectivity index (χ4v) is 1.95. The maximum Gasteiger partial charge on any atom is 0.162 e. The summed E-state index contributed by atoms with van der Waals surface area (Å²) >= 11 is 0. The van der Waals surface area contributed by atoms with Gasteiger partial charge < -0.3 is 14.6 Å². The molecule has 2 atom stereocenters. The van der Waals surface area contributed by atoms with Crippen molar-refractivity contribution in [3.63, 3.8) is 0 Å². The van der Waals surface area contributed by atoms with Gasteiger partial charge in [-0.3, -0.25) is 4.68 Å². The molecular weight excluding hydrogens is 220 g/mol. The van der Waals surface area contributed by atoms with Crippen LogP contribution >= 0.6 is 0 Å². The Bertz CT molecular complexity index is 317. The van der Waals surface area contributed by atoms with E-state index in [9.17, 15) is 5.11 Å². The average Bonchev–Trinajstić information content (AvgIpc) is 2.77. The molecule has 0 spiro atoms. The number of hydrogen-bond donors (Lipinski definition) is 1. The second kappa shape index (κ2) is 6.61. The molecule has 0 saturated carbocycles. The minimum atomic E-state index is -0.711. The van der Waals surface area contributed by atoms with Crippen LogP contribution in [-0.2, 0) is 11.3 Å². The first kappa shape index (κ1) is 14.0. The molecule has 0 aliphatic rings. The summed E-state index contributed by atoms with van der Waals surface area (Å²) in [6.07, 6.45) is 2.45. The third kappa shape index (κ3) is 2.98. The first-order chi connectivity index (χ1) is 8.19. The van der Waals surface area contributed by atoms with Crippen LogP contribution in [0.1, 0.15) is 38.5 Å². The first-order valence-corrected chi connectivity index (χ1v) is 6.00. The predicted octanol–water partition coefficient (Wildman–Crippen LogP) is 1.76. The van der Waals surface area contributed by atoms with E-state index in [4.69, 9.17) is 9.47 Å². The summed E-state index contributed by atoms with van der Waals surface area (Å²) in [5, 5.41) is 14.5. The SMILES string of the molecule is CCCC(OC)C(O)c1c(OC)cnn1CC. The highest BCUT2D eigenvalue weighted by atomic mass is 16.5. The molecule has 0 amide bonds. The Hall–Kier alpha value is -1.07. The largest absolute Gasteiger partial charge is 0.493 e. The molecule has 98 valence electrons. The fraction of sp³-hybridized carbons (Fsp3) is 0.750. The minimum Gasteiger partial charge on any atom is -0.493 e. The maximum atomic E-state index is 10.4. The Morgan fingerprint density at radius 1 is 1.41 bits per heavy atom. The Kier molecular flexibility index (Phi) is 5.44. The number of ether oxygens (including phenoxy) is 2. The molecular formula is C12H22N2O3. The Balaban J connectivity index is 2.99. The molecule has 0 fully saturated rings. The lowest BCUT2D eigenvalue weighted by Crippen LogP contribution is -2.23. The number of rotatable bonds is 7. The topological polar surface area (TPSA) is 56.5 Å². The second-order valence-electron chi connectivity index (χ2n) is 3.92. The molecule has 0 aromatic carbocycles. The average molecular weight is 242 g/mol. The fourth-order valence-electron chi connectivity index (χ4n) is 1.95. The van der Waals surface area contributed by atoms with Gasteiger partial charge in [0.1, 0.15) is 11.8 Å². The minimum absolute atomic E-state index is 0.226. The zero-order valence-corrected chi connectivity index (χ0v) is 11.0. The molecule has 5 heteroatoms. The Morgan fingerprint density at radius 3 is 2.59 bits per heavy atom. The van der Waals surface area contributed by atoms with Crippen molar-refractivity contribution in [2.75, 3.05) is 14.2 Å². The van der Waals surface area contributed by atoms with E-state index in [-0.39, 0.29) is 6.10 Å². The van der Waals surface area contributed by atoms with Crippen LogP contribution in [0.25, 0.3) is 0 Å². The van der Waals surface area contributed by atoms with Crippen LogP contribution in [0.15, 0.2) is 6.20 Å². The van der Waals surface area contributed by atoms with E-state index < -0.39 is 6.10 Å². The van der Waals surface area contributed by atoms with E-state index in [1.807, 2.05) is 6.92 Å². The molecule has 17 heavy (non-hydrogen) atoms. The van der Waals surface area contributed by atoms with Crippen molar-refractivity contribution >= 4 is 0 Å². The summed E-state index contributed by atoms with van der Waals surface area (Å²) in [7, 11) is 3.19. The molecule has 1 aromatic rings. The van der Waals surface area contributed by atoms with Crippen LogP contribution in [0.2, 0.25) is 0 Å². The maximum absolute atomic E-state index is 10.4. The van der Waals surface area contributed by atoms with Gasteiger partial charge in [-0.15, -0.1) is 0 Å². The van der Waals surface area contributed by atoms with Gasteiger partial charge in [-0.05, 0) is 13.3 Å². The molecule has 0 aliphatic carbocycles. The van der Waals surface area contributed by atoms with E-state index in [1.54, 1.807) is 25.1 Å². The van der Waals surface area contributed by atoms with Crippen LogP contribution in [-0.4, -0.2) is 35.2 Å². The lowest BCUT2D eigenvalue weighted by atomic mass is 10.1. The normalized spacial score (nSPS) is 14.6. The summed E-state index contributed by atoms with van der Waals surface area (Å²) in [5.41, 5.74) is 0.690. The highest BCUT2D eigenvalue weighted by molar-refractivity contribution is 5.28. The molecule has 1 heterocycles. The van der Waals surface area contributed by atoms with E-state index in [0.29, 0.717) is 18.0 Å². The van der Waals surface area contributed by atoms with Gasteiger partial charge in [-0.1, -0.05) is 13.3 Å². The molecule has 0 saturated heterocycles. The monoisotopic (exact) mass is 242 g/mol. The molecule has 1 N–H and O–H groups in total. The van der Waals surface area contributed by atoms with Crippen LogP contribution in [0.5, 0.6) is 5.75 Å². The highest BCUT2D eigenvalue weighted by Crippen LogP contribution is 2.29. The number of methoxy groups -OCH3 is 2. The molecule has 0 bridgehead atoms. The predicted molar refractivity (Wildman–Crippen MR) is 65.1 cm³/mol. The Labute approximate surface area is 102 Å². The smallest absolute Gasteiger partial charge is 0.162 e. The van der Waals surface area contributed by atoms with Gasteiger partial charge >= 0.3 is 0 Å².